The van der Waals surface area contributed by atoms with Gasteiger partial charge in [-0.1, -0.05) is 36.4 Å². The number of amides is 1. The monoisotopic (exact) mass is 394 g/mol. The molecule has 1 fully saturated rings. The van der Waals surface area contributed by atoms with Crippen LogP contribution in [0.1, 0.15) is 33.3 Å². The second kappa shape index (κ2) is 7.39. The highest BCUT2D eigenvalue weighted by Gasteiger charge is 2.51. The van der Waals surface area contributed by atoms with Gasteiger partial charge in [-0.2, -0.15) is 0 Å². The maximum Gasteiger partial charge on any atom is 0.494 e. The summed E-state index contributed by atoms with van der Waals surface area (Å²) in [5, 5.41) is 6.18. The molecule has 0 spiro atoms. The molecule has 29 heavy (non-hydrogen) atoms. The highest BCUT2D eigenvalue weighted by molar-refractivity contribution is 6.62. The maximum atomic E-state index is 12.5. The van der Waals surface area contributed by atoms with E-state index in [4.69, 9.17) is 14.0 Å². The van der Waals surface area contributed by atoms with Crippen LogP contribution in [-0.2, 0) is 20.6 Å². The van der Waals surface area contributed by atoms with E-state index < -0.39 is 6.10 Å². The van der Waals surface area contributed by atoms with Crippen molar-refractivity contribution in [3.8, 4) is 5.75 Å². The largest absolute Gasteiger partial charge is 0.494 e. The van der Waals surface area contributed by atoms with Gasteiger partial charge in [0.15, 0.2) is 6.10 Å². The second-order valence-corrected chi connectivity index (χ2v) is 8.53. The molecule has 0 radical (unpaired) electrons. The number of rotatable bonds is 4. The number of ether oxygens (including phenoxy) is 1. The van der Waals surface area contributed by atoms with Crippen molar-refractivity contribution in [3.63, 3.8) is 0 Å². The second-order valence-electron chi connectivity index (χ2n) is 8.53. The number of para-hydroxylation sites is 2. The number of carbonyl (C=O) groups is 1. The summed E-state index contributed by atoms with van der Waals surface area (Å²) in [7, 11) is -0.384. The van der Waals surface area contributed by atoms with Crippen molar-refractivity contribution in [2.24, 2.45) is 0 Å². The molecule has 1 unspecified atom stereocenters. The molecule has 2 heterocycles. The lowest BCUT2D eigenvalue weighted by atomic mass is 9.79. The number of anilines is 1. The standard InChI is InChI=1S/C22H27BN2O4/c1-21(2)22(3,4)29-23(28-21)16-11-9-15(10-12-16)13-25-20(26)19-14-24-17-7-5-6-8-18(17)27-19/h5-12,19,24H,13-14H2,1-4H3,(H,25,26). The number of nitrogens with one attached hydrogen (secondary N) is 2. The number of hydrogen-bond acceptors (Lipinski definition) is 5. The molecule has 0 aromatic heterocycles. The van der Waals surface area contributed by atoms with Gasteiger partial charge in [-0.05, 0) is 50.9 Å². The normalized spacial score (nSPS) is 21.7. The lowest BCUT2D eigenvalue weighted by Gasteiger charge is -2.32. The molecule has 2 aliphatic heterocycles. The van der Waals surface area contributed by atoms with Crippen LogP contribution in [0.15, 0.2) is 48.5 Å². The quantitative estimate of drug-likeness (QED) is 0.780. The molecule has 1 amide bonds. The highest BCUT2D eigenvalue weighted by atomic mass is 16.7. The number of fused-ring (bicyclic) bond motifs is 1. The Hall–Kier alpha value is -2.51. The summed E-state index contributed by atoms with van der Waals surface area (Å²) in [5.74, 6) is 0.563. The molecule has 152 valence electrons. The van der Waals surface area contributed by atoms with Crippen LogP contribution in [0.3, 0.4) is 0 Å². The van der Waals surface area contributed by atoms with Crippen LogP contribution >= 0.6 is 0 Å². The van der Waals surface area contributed by atoms with Crippen LogP contribution in [0.2, 0.25) is 0 Å². The zero-order chi connectivity index (χ0) is 20.6. The van der Waals surface area contributed by atoms with Crippen molar-refractivity contribution in [3.05, 3.63) is 54.1 Å². The van der Waals surface area contributed by atoms with Gasteiger partial charge in [0.2, 0.25) is 0 Å². The van der Waals surface area contributed by atoms with Gasteiger partial charge in [0.25, 0.3) is 5.91 Å². The Morgan fingerprint density at radius 1 is 1.07 bits per heavy atom. The Balaban J connectivity index is 1.33. The van der Waals surface area contributed by atoms with Gasteiger partial charge < -0.3 is 24.7 Å². The minimum atomic E-state index is -0.547. The maximum absolute atomic E-state index is 12.5. The lowest BCUT2D eigenvalue weighted by Crippen LogP contribution is -2.44. The van der Waals surface area contributed by atoms with Crippen molar-refractivity contribution >= 4 is 24.2 Å². The summed E-state index contributed by atoms with van der Waals surface area (Å²) in [6.07, 6.45) is -0.547. The Morgan fingerprint density at radius 2 is 1.72 bits per heavy atom. The average Bonchev–Trinajstić information content (AvgIpc) is 2.93. The van der Waals surface area contributed by atoms with Crippen LogP contribution in [0.5, 0.6) is 5.75 Å². The van der Waals surface area contributed by atoms with E-state index in [1.165, 1.54) is 0 Å². The molecule has 1 saturated heterocycles. The molecular formula is C22H27BN2O4. The molecule has 0 bridgehead atoms. The van der Waals surface area contributed by atoms with Gasteiger partial charge in [-0.15, -0.1) is 0 Å². The fourth-order valence-corrected chi connectivity index (χ4v) is 3.33. The SMILES string of the molecule is CC1(C)OB(c2ccc(CNC(=O)C3CNc4ccccc4O3)cc2)OC1(C)C. The van der Waals surface area contributed by atoms with Crippen LogP contribution in [0.25, 0.3) is 0 Å². The summed E-state index contributed by atoms with van der Waals surface area (Å²) in [6.45, 7) is 9.04. The van der Waals surface area contributed by atoms with Gasteiger partial charge in [0, 0.05) is 6.54 Å². The minimum Gasteiger partial charge on any atom is -0.477 e. The molecule has 7 heteroatoms. The first-order chi connectivity index (χ1) is 13.7. The van der Waals surface area contributed by atoms with E-state index in [1.807, 2.05) is 76.2 Å². The molecule has 2 aliphatic rings. The minimum absolute atomic E-state index is 0.137. The number of carbonyl (C=O) groups excluding carboxylic acids is 1. The molecular weight excluding hydrogens is 367 g/mol. The van der Waals surface area contributed by atoms with E-state index in [0.717, 1.165) is 16.7 Å². The molecule has 1 atom stereocenters. The zero-order valence-corrected chi connectivity index (χ0v) is 17.3. The third-order valence-corrected chi connectivity index (χ3v) is 5.90. The van der Waals surface area contributed by atoms with Crippen LogP contribution in [0.4, 0.5) is 5.69 Å². The van der Waals surface area contributed by atoms with E-state index in [-0.39, 0.29) is 24.2 Å². The van der Waals surface area contributed by atoms with Gasteiger partial charge in [-0.3, -0.25) is 4.79 Å². The molecule has 4 rings (SSSR count). The Kier molecular flexibility index (Phi) is 5.04. The third kappa shape index (κ3) is 3.98. The Bertz CT molecular complexity index is 882. The molecule has 2 aromatic rings. The first-order valence-corrected chi connectivity index (χ1v) is 9.97. The third-order valence-electron chi connectivity index (χ3n) is 5.90. The van der Waals surface area contributed by atoms with Crippen molar-refractivity contribution in [1.29, 1.82) is 0 Å². The van der Waals surface area contributed by atoms with Crippen molar-refractivity contribution < 1.29 is 18.8 Å². The predicted molar refractivity (Wildman–Crippen MR) is 113 cm³/mol. The van der Waals surface area contributed by atoms with Gasteiger partial charge >= 0.3 is 7.12 Å². The van der Waals surface area contributed by atoms with Crippen molar-refractivity contribution in [2.75, 3.05) is 11.9 Å². The summed E-state index contributed by atoms with van der Waals surface area (Å²) in [6, 6.07) is 15.6. The predicted octanol–water partition coefficient (Wildman–Crippen LogP) is 2.48. The fraction of sp³-hybridized carbons (Fsp3) is 0.409. The van der Waals surface area contributed by atoms with Gasteiger partial charge in [-0.25, -0.2) is 0 Å². The van der Waals surface area contributed by atoms with E-state index in [2.05, 4.69) is 10.6 Å². The van der Waals surface area contributed by atoms with Gasteiger partial charge in [0.05, 0.1) is 23.4 Å². The van der Waals surface area contributed by atoms with E-state index >= 15 is 0 Å². The number of benzene rings is 2. The van der Waals surface area contributed by atoms with Crippen molar-refractivity contribution in [2.45, 2.75) is 51.5 Å². The molecule has 6 nitrogen and oxygen atoms in total. The average molecular weight is 394 g/mol. The van der Waals surface area contributed by atoms with Crippen molar-refractivity contribution in [1.82, 2.24) is 5.32 Å². The zero-order valence-electron chi connectivity index (χ0n) is 17.3. The topological polar surface area (TPSA) is 68.8 Å². The molecule has 2 aromatic carbocycles. The van der Waals surface area contributed by atoms with E-state index in [0.29, 0.717) is 18.8 Å². The molecule has 0 saturated carbocycles. The molecule has 2 N–H and O–H groups in total. The summed E-state index contributed by atoms with van der Waals surface area (Å²) < 4.78 is 18.0. The summed E-state index contributed by atoms with van der Waals surface area (Å²) in [4.78, 5) is 12.5. The lowest BCUT2D eigenvalue weighted by molar-refractivity contribution is -0.127. The van der Waals surface area contributed by atoms with Crippen LogP contribution in [0, 0.1) is 0 Å². The van der Waals surface area contributed by atoms with E-state index in [9.17, 15) is 4.79 Å². The van der Waals surface area contributed by atoms with Crippen LogP contribution < -0.4 is 20.8 Å². The first kappa shape index (κ1) is 19.8. The highest BCUT2D eigenvalue weighted by Crippen LogP contribution is 2.36. The van der Waals surface area contributed by atoms with Crippen LogP contribution in [-0.4, -0.2) is 36.9 Å². The van der Waals surface area contributed by atoms with Gasteiger partial charge in [0.1, 0.15) is 5.75 Å². The van der Waals surface area contributed by atoms with E-state index in [1.54, 1.807) is 0 Å². The first-order valence-electron chi connectivity index (χ1n) is 9.97. The Labute approximate surface area is 172 Å². The number of hydrogen-bond donors (Lipinski definition) is 2. The smallest absolute Gasteiger partial charge is 0.477 e. The summed E-state index contributed by atoms with van der Waals surface area (Å²) >= 11 is 0. The molecule has 0 aliphatic carbocycles. The summed E-state index contributed by atoms with van der Waals surface area (Å²) in [5.41, 5.74) is 2.15. The Morgan fingerprint density at radius 3 is 2.41 bits per heavy atom. The fourth-order valence-electron chi connectivity index (χ4n) is 3.33.